The van der Waals surface area contributed by atoms with E-state index in [9.17, 15) is 4.39 Å². The van der Waals surface area contributed by atoms with Crippen LogP contribution in [0.5, 0.6) is 0 Å². The molecule has 0 amide bonds. The normalized spacial score (nSPS) is 12.7. The van der Waals surface area contributed by atoms with Crippen LogP contribution in [-0.2, 0) is 6.42 Å². The number of rotatable bonds is 4. The lowest BCUT2D eigenvalue weighted by Crippen LogP contribution is -2.04. The number of hydrogen-bond acceptors (Lipinski definition) is 1. The van der Waals surface area contributed by atoms with Crippen molar-refractivity contribution >= 4 is 33.0 Å². The Morgan fingerprint density at radius 2 is 1.95 bits per heavy atom. The average molecular weight is 305 g/mol. The molecule has 1 aromatic heterocycles. The van der Waals surface area contributed by atoms with Crippen molar-refractivity contribution in [3.05, 3.63) is 70.9 Å². The zero-order valence-corrected chi connectivity index (χ0v) is 12.4. The number of halogens is 2. The predicted molar refractivity (Wildman–Crippen MR) is 85.4 cm³/mol. The van der Waals surface area contributed by atoms with Gasteiger partial charge in [-0.3, -0.25) is 0 Å². The minimum absolute atomic E-state index is 0.144. The Morgan fingerprint density at radius 3 is 2.75 bits per heavy atom. The first-order valence-electron chi connectivity index (χ1n) is 6.54. The van der Waals surface area contributed by atoms with Gasteiger partial charge < -0.3 is 0 Å². The Labute approximate surface area is 126 Å². The molecule has 1 heterocycles. The molecule has 102 valence electrons. The molecule has 0 fully saturated rings. The molecule has 0 aliphatic heterocycles. The number of benzene rings is 2. The van der Waals surface area contributed by atoms with Crippen molar-refractivity contribution in [1.29, 1.82) is 0 Å². The lowest BCUT2D eigenvalue weighted by Gasteiger charge is -2.14. The van der Waals surface area contributed by atoms with Gasteiger partial charge in [-0.05, 0) is 46.5 Å². The van der Waals surface area contributed by atoms with Gasteiger partial charge in [0.15, 0.2) is 0 Å². The van der Waals surface area contributed by atoms with Gasteiger partial charge in [-0.1, -0.05) is 30.3 Å². The van der Waals surface area contributed by atoms with E-state index < -0.39 is 0 Å². The first-order chi connectivity index (χ1) is 9.78. The summed E-state index contributed by atoms with van der Waals surface area (Å²) in [7, 11) is 0. The molecule has 1 atom stereocenters. The lowest BCUT2D eigenvalue weighted by molar-refractivity contribution is 0.621. The summed E-state index contributed by atoms with van der Waals surface area (Å²) >= 11 is 7.85. The zero-order chi connectivity index (χ0) is 13.9. The molecule has 0 spiro atoms. The minimum Gasteiger partial charge on any atom is -0.207 e. The number of fused-ring (bicyclic) bond motifs is 1. The standard InChI is InChI=1S/C17H14ClFS/c18-10-13(12-4-3-5-15(19)9-12)8-14-11-20-17-7-2-1-6-16(14)17/h1-7,9,11,13H,8,10H2. The van der Waals surface area contributed by atoms with Gasteiger partial charge in [0, 0.05) is 16.5 Å². The van der Waals surface area contributed by atoms with Gasteiger partial charge >= 0.3 is 0 Å². The largest absolute Gasteiger partial charge is 0.207 e. The van der Waals surface area contributed by atoms with Crippen molar-refractivity contribution in [3.63, 3.8) is 0 Å². The highest BCUT2D eigenvalue weighted by molar-refractivity contribution is 7.17. The van der Waals surface area contributed by atoms with Crippen molar-refractivity contribution in [1.82, 2.24) is 0 Å². The van der Waals surface area contributed by atoms with E-state index in [1.54, 1.807) is 23.5 Å². The third kappa shape index (κ3) is 2.72. The summed E-state index contributed by atoms with van der Waals surface area (Å²) in [6.45, 7) is 0. The number of alkyl halides is 1. The van der Waals surface area contributed by atoms with Gasteiger partial charge in [-0.25, -0.2) is 4.39 Å². The van der Waals surface area contributed by atoms with Crippen LogP contribution in [0.1, 0.15) is 17.0 Å². The van der Waals surface area contributed by atoms with E-state index in [2.05, 4.69) is 23.6 Å². The fourth-order valence-corrected chi connectivity index (χ4v) is 3.74. The molecule has 0 N–H and O–H groups in total. The number of thiophene rings is 1. The molecule has 3 rings (SSSR count). The second-order valence-electron chi connectivity index (χ2n) is 4.87. The van der Waals surface area contributed by atoms with Crippen LogP contribution in [0, 0.1) is 5.82 Å². The molecule has 1 unspecified atom stereocenters. The van der Waals surface area contributed by atoms with Crippen LogP contribution in [0.4, 0.5) is 4.39 Å². The zero-order valence-electron chi connectivity index (χ0n) is 10.9. The van der Waals surface area contributed by atoms with E-state index >= 15 is 0 Å². The highest BCUT2D eigenvalue weighted by Crippen LogP contribution is 2.31. The van der Waals surface area contributed by atoms with Crippen molar-refractivity contribution in [2.45, 2.75) is 12.3 Å². The third-order valence-electron chi connectivity index (χ3n) is 3.53. The molecule has 0 aliphatic rings. The Kier molecular flexibility index (Phi) is 4.04. The lowest BCUT2D eigenvalue weighted by atomic mass is 9.93. The second-order valence-corrected chi connectivity index (χ2v) is 6.09. The summed E-state index contributed by atoms with van der Waals surface area (Å²) in [5.41, 5.74) is 2.26. The summed E-state index contributed by atoms with van der Waals surface area (Å²) in [4.78, 5) is 0. The van der Waals surface area contributed by atoms with E-state index in [1.165, 1.54) is 21.7 Å². The van der Waals surface area contributed by atoms with Crippen LogP contribution in [0.25, 0.3) is 10.1 Å². The summed E-state index contributed by atoms with van der Waals surface area (Å²) in [5, 5.41) is 3.47. The molecule has 0 saturated carbocycles. The Balaban J connectivity index is 1.92. The van der Waals surface area contributed by atoms with E-state index in [1.807, 2.05) is 12.1 Å². The minimum atomic E-state index is -0.201. The van der Waals surface area contributed by atoms with Gasteiger partial charge in [-0.15, -0.1) is 22.9 Å². The molecule has 0 bridgehead atoms. The van der Waals surface area contributed by atoms with Crippen LogP contribution in [0.15, 0.2) is 53.9 Å². The van der Waals surface area contributed by atoms with Crippen molar-refractivity contribution < 1.29 is 4.39 Å². The first kappa shape index (κ1) is 13.6. The summed E-state index contributed by atoms with van der Waals surface area (Å²) in [6, 6.07) is 15.1. The Hall–Kier alpha value is -1.38. The van der Waals surface area contributed by atoms with Gasteiger partial charge in [-0.2, -0.15) is 0 Å². The topological polar surface area (TPSA) is 0 Å². The maximum atomic E-state index is 13.4. The maximum absolute atomic E-state index is 13.4. The third-order valence-corrected chi connectivity index (χ3v) is 4.92. The number of hydrogen-bond donors (Lipinski definition) is 0. The Morgan fingerprint density at radius 1 is 1.10 bits per heavy atom. The van der Waals surface area contributed by atoms with Gasteiger partial charge in [0.1, 0.15) is 5.82 Å². The molecular formula is C17H14ClFS. The molecule has 0 saturated heterocycles. The quantitative estimate of drug-likeness (QED) is 0.550. The smallest absolute Gasteiger partial charge is 0.123 e. The summed E-state index contributed by atoms with van der Waals surface area (Å²) in [5.74, 6) is 0.436. The molecule has 3 aromatic rings. The maximum Gasteiger partial charge on any atom is 0.123 e. The van der Waals surface area contributed by atoms with Crippen molar-refractivity contribution in [2.24, 2.45) is 0 Å². The summed E-state index contributed by atoms with van der Waals surface area (Å²) < 4.78 is 14.6. The van der Waals surface area contributed by atoms with Crippen LogP contribution >= 0.6 is 22.9 Å². The van der Waals surface area contributed by atoms with Gasteiger partial charge in [0.2, 0.25) is 0 Å². The molecule has 3 heteroatoms. The fourth-order valence-electron chi connectivity index (χ4n) is 2.48. The SMILES string of the molecule is Fc1cccc(C(CCl)Cc2csc3ccccc23)c1. The van der Waals surface area contributed by atoms with Gasteiger partial charge in [0.05, 0.1) is 0 Å². The van der Waals surface area contributed by atoms with Crippen LogP contribution in [-0.4, -0.2) is 5.88 Å². The van der Waals surface area contributed by atoms with Gasteiger partial charge in [0.25, 0.3) is 0 Å². The molecule has 0 aliphatic carbocycles. The predicted octanol–water partition coefficient (Wildman–Crippen LogP) is 5.61. The van der Waals surface area contributed by atoms with E-state index in [0.717, 1.165) is 12.0 Å². The van der Waals surface area contributed by atoms with Crippen LogP contribution in [0.2, 0.25) is 0 Å². The van der Waals surface area contributed by atoms with E-state index in [4.69, 9.17) is 11.6 Å². The highest BCUT2D eigenvalue weighted by atomic mass is 35.5. The Bertz CT molecular complexity index is 720. The van der Waals surface area contributed by atoms with E-state index in [0.29, 0.717) is 5.88 Å². The van der Waals surface area contributed by atoms with Crippen molar-refractivity contribution in [3.8, 4) is 0 Å². The highest BCUT2D eigenvalue weighted by Gasteiger charge is 2.14. The monoisotopic (exact) mass is 304 g/mol. The van der Waals surface area contributed by atoms with Crippen LogP contribution in [0.3, 0.4) is 0 Å². The fraction of sp³-hybridized carbons (Fsp3) is 0.176. The van der Waals surface area contributed by atoms with E-state index in [-0.39, 0.29) is 11.7 Å². The average Bonchev–Trinajstić information content (AvgIpc) is 2.88. The first-order valence-corrected chi connectivity index (χ1v) is 7.96. The molecule has 0 radical (unpaired) electrons. The van der Waals surface area contributed by atoms with Crippen LogP contribution < -0.4 is 0 Å². The molecule has 0 nitrogen and oxygen atoms in total. The van der Waals surface area contributed by atoms with Crippen molar-refractivity contribution in [2.75, 3.05) is 5.88 Å². The summed E-state index contributed by atoms with van der Waals surface area (Å²) in [6.07, 6.45) is 0.844. The molecule has 2 aromatic carbocycles. The molecule has 20 heavy (non-hydrogen) atoms. The second kappa shape index (κ2) is 5.94. The molecular weight excluding hydrogens is 291 g/mol.